The Labute approximate surface area is 120 Å². The Bertz CT molecular complexity index is 385. The molecule has 1 aromatic rings. The molecule has 98 valence electrons. The van der Waals surface area contributed by atoms with Crippen molar-refractivity contribution in [2.75, 3.05) is 24.1 Å². The molecule has 0 radical (unpaired) electrons. The van der Waals surface area contributed by atoms with E-state index in [0.29, 0.717) is 26.3 Å². The Balaban J connectivity index is 1.81. The number of nitrogens with zero attached hydrogens (tertiary/aromatic N) is 1. The first kappa shape index (κ1) is 13.6. The van der Waals surface area contributed by atoms with E-state index in [4.69, 9.17) is 9.47 Å². The minimum Gasteiger partial charge on any atom is -0.445 e. The minimum atomic E-state index is -0.253. The van der Waals surface area contributed by atoms with Crippen molar-refractivity contribution in [1.82, 2.24) is 4.90 Å². The molecule has 18 heavy (non-hydrogen) atoms. The van der Waals surface area contributed by atoms with Crippen LogP contribution in [0.1, 0.15) is 5.56 Å². The molecule has 1 aromatic carbocycles. The first-order valence-corrected chi connectivity index (χ1v) is 7.45. The number of carbonyl (C=O) groups excluding carboxylic acids is 1. The van der Waals surface area contributed by atoms with Crippen LogP contribution >= 0.6 is 22.6 Å². The molecule has 1 saturated heterocycles. The highest BCUT2D eigenvalue weighted by atomic mass is 127. The molecule has 1 aliphatic rings. The molecule has 1 fully saturated rings. The number of morpholine rings is 1. The molecule has 1 aliphatic heterocycles. The number of hydrogen-bond acceptors (Lipinski definition) is 3. The van der Waals surface area contributed by atoms with Gasteiger partial charge in [-0.15, -0.1) is 0 Å². The van der Waals surface area contributed by atoms with Gasteiger partial charge < -0.3 is 14.4 Å². The van der Waals surface area contributed by atoms with E-state index >= 15 is 0 Å². The standard InChI is InChI=1S/C13H16INO3/c14-8-12-9-15(6-7-17-12)13(16)18-10-11-4-2-1-3-5-11/h1-5,12H,6-10H2/t12-/m0/s1. The predicted molar refractivity (Wildman–Crippen MR) is 76.8 cm³/mol. The van der Waals surface area contributed by atoms with Crippen molar-refractivity contribution in [1.29, 1.82) is 0 Å². The number of benzene rings is 1. The number of ether oxygens (including phenoxy) is 2. The molecule has 0 aromatic heterocycles. The van der Waals surface area contributed by atoms with Gasteiger partial charge in [0.25, 0.3) is 0 Å². The van der Waals surface area contributed by atoms with Gasteiger partial charge >= 0.3 is 6.09 Å². The van der Waals surface area contributed by atoms with Gasteiger partial charge in [-0.05, 0) is 5.56 Å². The molecule has 0 bridgehead atoms. The summed E-state index contributed by atoms with van der Waals surface area (Å²) in [5.74, 6) is 0. The predicted octanol–water partition coefficient (Wildman–Crippen LogP) is 2.46. The van der Waals surface area contributed by atoms with E-state index in [2.05, 4.69) is 22.6 Å². The average Bonchev–Trinajstić information content (AvgIpc) is 2.46. The van der Waals surface area contributed by atoms with Gasteiger partial charge in [-0.3, -0.25) is 0 Å². The van der Waals surface area contributed by atoms with Crippen molar-refractivity contribution < 1.29 is 14.3 Å². The molecule has 2 rings (SSSR count). The third-order valence-electron chi connectivity index (χ3n) is 2.77. The third kappa shape index (κ3) is 3.84. The first-order chi connectivity index (χ1) is 8.79. The van der Waals surface area contributed by atoms with Crippen LogP contribution in [0.5, 0.6) is 0 Å². The lowest BCUT2D eigenvalue weighted by molar-refractivity contribution is -0.0159. The average molecular weight is 361 g/mol. The second kappa shape index (κ2) is 6.94. The summed E-state index contributed by atoms with van der Waals surface area (Å²) in [7, 11) is 0. The summed E-state index contributed by atoms with van der Waals surface area (Å²) < 4.78 is 11.7. The number of halogens is 1. The molecule has 0 spiro atoms. The van der Waals surface area contributed by atoms with Crippen LogP contribution in [0, 0.1) is 0 Å². The number of amides is 1. The summed E-state index contributed by atoms with van der Waals surface area (Å²) >= 11 is 2.27. The van der Waals surface area contributed by atoms with E-state index in [1.54, 1.807) is 4.90 Å². The van der Waals surface area contributed by atoms with Gasteiger partial charge in [0.1, 0.15) is 6.61 Å². The van der Waals surface area contributed by atoms with Crippen molar-refractivity contribution in [3.05, 3.63) is 35.9 Å². The quantitative estimate of drug-likeness (QED) is 0.613. The summed E-state index contributed by atoms with van der Waals surface area (Å²) in [6.07, 6.45) is -0.124. The Morgan fingerprint density at radius 2 is 2.22 bits per heavy atom. The Morgan fingerprint density at radius 3 is 2.94 bits per heavy atom. The highest BCUT2D eigenvalue weighted by molar-refractivity contribution is 14.1. The van der Waals surface area contributed by atoms with Crippen molar-refractivity contribution in [3.8, 4) is 0 Å². The van der Waals surface area contributed by atoms with E-state index in [1.165, 1.54) is 0 Å². The zero-order valence-corrected chi connectivity index (χ0v) is 12.2. The lowest BCUT2D eigenvalue weighted by Gasteiger charge is -2.31. The van der Waals surface area contributed by atoms with E-state index < -0.39 is 0 Å². The van der Waals surface area contributed by atoms with Crippen molar-refractivity contribution in [2.24, 2.45) is 0 Å². The van der Waals surface area contributed by atoms with Gasteiger partial charge in [-0.1, -0.05) is 52.9 Å². The zero-order chi connectivity index (χ0) is 12.8. The van der Waals surface area contributed by atoms with E-state index in [0.717, 1.165) is 9.99 Å². The maximum Gasteiger partial charge on any atom is 0.410 e. The summed E-state index contributed by atoms with van der Waals surface area (Å²) in [5.41, 5.74) is 1.00. The van der Waals surface area contributed by atoms with Crippen LogP contribution in [0.4, 0.5) is 4.79 Å². The first-order valence-electron chi connectivity index (χ1n) is 5.93. The summed E-state index contributed by atoms with van der Waals surface area (Å²) in [6, 6.07) is 9.70. The normalized spacial score (nSPS) is 19.6. The highest BCUT2D eigenvalue weighted by Gasteiger charge is 2.24. The molecule has 1 amide bonds. The van der Waals surface area contributed by atoms with Gasteiger partial charge in [-0.2, -0.15) is 0 Å². The highest BCUT2D eigenvalue weighted by Crippen LogP contribution is 2.10. The van der Waals surface area contributed by atoms with Gasteiger partial charge in [0, 0.05) is 11.0 Å². The molecule has 0 saturated carbocycles. The Hall–Kier alpha value is -0.820. The maximum absolute atomic E-state index is 11.9. The van der Waals surface area contributed by atoms with Crippen LogP contribution in [-0.4, -0.2) is 41.2 Å². The molecule has 1 heterocycles. The molecule has 1 atom stereocenters. The van der Waals surface area contributed by atoms with Crippen LogP contribution in [0.2, 0.25) is 0 Å². The number of alkyl halides is 1. The van der Waals surface area contributed by atoms with Gasteiger partial charge in [0.2, 0.25) is 0 Å². The molecular weight excluding hydrogens is 345 g/mol. The number of carbonyl (C=O) groups is 1. The largest absolute Gasteiger partial charge is 0.445 e. The monoisotopic (exact) mass is 361 g/mol. The van der Waals surface area contributed by atoms with E-state index in [9.17, 15) is 4.79 Å². The second-order valence-corrected chi connectivity index (χ2v) is 5.01. The molecule has 0 aliphatic carbocycles. The van der Waals surface area contributed by atoms with Crippen LogP contribution in [0.3, 0.4) is 0 Å². The van der Waals surface area contributed by atoms with Crippen LogP contribution in [-0.2, 0) is 16.1 Å². The topological polar surface area (TPSA) is 38.8 Å². The van der Waals surface area contributed by atoms with Gasteiger partial charge in [0.05, 0.1) is 19.3 Å². The fourth-order valence-electron chi connectivity index (χ4n) is 1.79. The molecule has 0 N–H and O–H groups in total. The minimum absolute atomic E-state index is 0.128. The number of hydrogen-bond donors (Lipinski definition) is 0. The van der Waals surface area contributed by atoms with E-state index in [1.807, 2.05) is 30.3 Å². The molecule has 5 heteroatoms. The molecular formula is C13H16INO3. The molecule has 4 nitrogen and oxygen atoms in total. The SMILES string of the molecule is O=C(OCc1ccccc1)N1CCO[C@@H](CI)C1. The van der Waals surface area contributed by atoms with Crippen molar-refractivity contribution in [3.63, 3.8) is 0 Å². The van der Waals surface area contributed by atoms with Crippen LogP contribution in [0.25, 0.3) is 0 Å². The fraction of sp³-hybridized carbons (Fsp3) is 0.462. The maximum atomic E-state index is 11.9. The third-order valence-corrected chi connectivity index (χ3v) is 3.76. The van der Waals surface area contributed by atoms with Gasteiger partial charge in [-0.25, -0.2) is 4.79 Å². The Morgan fingerprint density at radius 1 is 1.44 bits per heavy atom. The lowest BCUT2D eigenvalue weighted by atomic mass is 10.2. The lowest BCUT2D eigenvalue weighted by Crippen LogP contribution is -2.46. The summed E-state index contributed by atoms with van der Waals surface area (Å²) in [6.45, 7) is 2.15. The fourth-order valence-corrected chi connectivity index (χ4v) is 2.32. The smallest absolute Gasteiger partial charge is 0.410 e. The van der Waals surface area contributed by atoms with Crippen LogP contribution in [0.15, 0.2) is 30.3 Å². The van der Waals surface area contributed by atoms with Crippen molar-refractivity contribution in [2.45, 2.75) is 12.7 Å². The Kier molecular flexibility index (Phi) is 5.25. The summed E-state index contributed by atoms with van der Waals surface area (Å²) in [4.78, 5) is 13.6. The molecule has 0 unspecified atom stereocenters. The zero-order valence-electron chi connectivity index (χ0n) is 10.0. The second-order valence-electron chi connectivity index (χ2n) is 4.13. The number of rotatable bonds is 3. The van der Waals surface area contributed by atoms with Crippen molar-refractivity contribution >= 4 is 28.7 Å². The van der Waals surface area contributed by atoms with Crippen LogP contribution < -0.4 is 0 Å². The summed E-state index contributed by atoms with van der Waals surface area (Å²) in [5, 5.41) is 0. The van der Waals surface area contributed by atoms with E-state index in [-0.39, 0.29) is 12.2 Å². The van der Waals surface area contributed by atoms with Gasteiger partial charge in [0.15, 0.2) is 0 Å².